The molecule has 5 nitrogen and oxygen atoms in total. The van der Waals surface area contributed by atoms with Crippen molar-refractivity contribution in [1.29, 1.82) is 0 Å². The van der Waals surface area contributed by atoms with Crippen molar-refractivity contribution in [2.24, 2.45) is 5.14 Å². The minimum Gasteiger partial charge on any atom is -0.399 e. The molecule has 0 unspecified atom stereocenters. The topological polar surface area (TPSA) is 98.2 Å². The monoisotopic (exact) mass is 277 g/mol. The van der Waals surface area contributed by atoms with Crippen molar-refractivity contribution in [2.75, 3.05) is 11.1 Å². The van der Waals surface area contributed by atoms with Crippen molar-refractivity contribution in [3.05, 3.63) is 48.0 Å². The molecule has 0 radical (unpaired) electrons. The minimum atomic E-state index is -3.66. The van der Waals surface area contributed by atoms with E-state index in [0.717, 1.165) is 16.9 Å². The number of nitrogens with one attached hydrogen (secondary N) is 1. The van der Waals surface area contributed by atoms with Crippen LogP contribution in [0.25, 0.3) is 0 Å². The van der Waals surface area contributed by atoms with E-state index in [-0.39, 0.29) is 4.90 Å². The Kier molecular flexibility index (Phi) is 3.46. The summed E-state index contributed by atoms with van der Waals surface area (Å²) in [6.45, 7) is 1.96. The summed E-state index contributed by atoms with van der Waals surface area (Å²) in [6, 6.07) is 11.8. The summed E-state index contributed by atoms with van der Waals surface area (Å²) < 4.78 is 22.3. The lowest BCUT2D eigenvalue weighted by Crippen LogP contribution is -2.11. The highest BCUT2D eigenvalue weighted by Crippen LogP contribution is 2.23. The van der Waals surface area contributed by atoms with Gasteiger partial charge in [-0.1, -0.05) is 6.07 Å². The fourth-order valence-corrected chi connectivity index (χ4v) is 2.17. The van der Waals surface area contributed by atoms with Crippen molar-refractivity contribution in [3.8, 4) is 0 Å². The molecule has 0 aromatic heterocycles. The van der Waals surface area contributed by atoms with E-state index in [1.807, 2.05) is 25.1 Å². The molecule has 0 aliphatic heterocycles. The second-order valence-corrected chi connectivity index (χ2v) is 5.83. The molecular weight excluding hydrogens is 262 g/mol. The van der Waals surface area contributed by atoms with Gasteiger partial charge >= 0.3 is 0 Å². The molecule has 0 heterocycles. The maximum atomic E-state index is 11.1. The van der Waals surface area contributed by atoms with E-state index in [9.17, 15) is 8.42 Å². The van der Waals surface area contributed by atoms with Crippen molar-refractivity contribution in [2.45, 2.75) is 11.8 Å². The first kappa shape index (κ1) is 13.4. The van der Waals surface area contributed by atoms with Gasteiger partial charge in [0, 0.05) is 17.1 Å². The SMILES string of the molecule is Cc1ccc(N)cc1Nc1ccc(S(N)(=O)=O)cc1. The maximum absolute atomic E-state index is 11.1. The van der Waals surface area contributed by atoms with Gasteiger partial charge in [0.1, 0.15) is 0 Å². The number of aryl methyl sites for hydroxylation is 1. The van der Waals surface area contributed by atoms with Crippen LogP contribution in [0.2, 0.25) is 0 Å². The Morgan fingerprint density at radius 1 is 1.05 bits per heavy atom. The van der Waals surface area contributed by atoms with Crippen molar-refractivity contribution >= 4 is 27.1 Å². The summed E-state index contributed by atoms with van der Waals surface area (Å²) in [5.41, 5.74) is 9.08. The number of hydrogen-bond donors (Lipinski definition) is 3. The van der Waals surface area contributed by atoms with Gasteiger partial charge in [0.15, 0.2) is 0 Å². The predicted octanol–water partition coefficient (Wildman–Crippen LogP) is 1.97. The molecule has 0 saturated heterocycles. The zero-order valence-electron chi connectivity index (χ0n) is 10.4. The van der Waals surface area contributed by atoms with Gasteiger partial charge < -0.3 is 11.1 Å². The third-order valence-electron chi connectivity index (χ3n) is 2.72. The first-order chi connectivity index (χ1) is 8.86. The number of nitrogen functional groups attached to an aromatic ring is 1. The van der Waals surface area contributed by atoms with E-state index in [0.29, 0.717) is 5.69 Å². The van der Waals surface area contributed by atoms with Crippen LogP contribution in [0, 0.1) is 6.92 Å². The first-order valence-corrected chi connectivity index (χ1v) is 7.17. The molecule has 2 rings (SSSR count). The zero-order chi connectivity index (χ0) is 14.0. The lowest BCUT2D eigenvalue weighted by Gasteiger charge is -2.10. The zero-order valence-corrected chi connectivity index (χ0v) is 11.2. The fourth-order valence-electron chi connectivity index (χ4n) is 1.66. The summed E-state index contributed by atoms with van der Waals surface area (Å²) in [5, 5.41) is 8.21. The van der Waals surface area contributed by atoms with Crippen LogP contribution in [0.3, 0.4) is 0 Å². The highest BCUT2D eigenvalue weighted by atomic mass is 32.2. The Hall–Kier alpha value is -2.05. The second kappa shape index (κ2) is 4.91. The van der Waals surface area contributed by atoms with Crippen LogP contribution < -0.4 is 16.2 Å². The number of rotatable bonds is 3. The summed E-state index contributed by atoms with van der Waals surface area (Å²) in [7, 11) is -3.66. The molecule has 0 saturated carbocycles. The minimum absolute atomic E-state index is 0.0855. The third kappa shape index (κ3) is 3.24. The van der Waals surface area contributed by atoms with Crippen LogP contribution in [-0.2, 0) is 10.0 Å². The van der Waals surface area contributed by atoms with Gasteiger partial charge in [-0.25, -0.2) is 13.6 Å². The van der Waals surface area contributed by atoms with Gasteiger partial charge in [-0.3, -0.25) is 0 Å². The molecule has 0 fully saturated rings. The van der Waals surface area contributed by atoms with Gasteiger partial charge in [0.2, 0.25) is 10.0 Å². The van der Waals surface area contributed by atoms with Crippen LogP contribution in [0.5, 0.6) is 0 Å². The average molecular weight is 277 g/mol. The van der Waals surface area contributed by atoms with Gasteiger partial charge in [-0.05, 0) is 48.9 Å². The quantitative estimate of drug-likeness (QED) is 0.747. The Bertz CT molecular complexity index is 694. The summed E-state index contributed by atoms with van der Waals surface area (Å²) in [6.07, 6.45) is 0. The highest BCUT2D eigenvalue weighted by molar-refractivity contribution is 7.89. The number of hydrogen-bond acceptors (Lipinski definition) is 4. The lowest BCUT2D eigenvalue weighted by atomic mass is 10.1. The Balaban J connectivity index is 2.27. The molecule has 2 aromatic rings. The molecule has 0 aliphatic carbocycles. The maximum Gasteiger partial charge on any atom is 0.238 e. The lowest BCUT2D eigenvalue weighted by molar-refractivity contribution is 0.598. The molecule has 0 bridgehead atoms. The molecule has 0 spiro atoms. The van der Waals surface area contributed by atoms with Crippen molar-refractivity contribution in [3.63, 3.8) is 0 Å². The van der Waals surface area contributed by atoms with Crippen LogP contribution in [0.4, 0.5) is 17.1 Å². The van der Waals surface area contributed by atoms with Crippen LogP contribution in [0.15, 0.2) is 47.4 Å². The van der Waals surface area contributed by atoms with E-state index < -0.39 is 10.0 Å². The number of anilines is 3. The Morgan fingerprint density at radius 3 is 2.26 bits per heavy atom. The van der Waals surface area contributed by atoms with Crippen LogP contribution in [0.1, 0.15) is 5.56 Å². The standard InChI is InChI=1S/C13H15N3O2S/c1-9-2-3-10(14)8-13(9)16-11-4-6-12(7-5-11)19(15,17)18/h2-8,16H,14H2,1H3,(H2,15,17,18). The predicted molar refractivity (Wildman–Crippen MR) is 76.7 cm³/mol. The van der Waals surface area contributed by atoms with E-state index in [1.54, 1.807) is 12.1 Å². The smallest absolute Gasteiger partial charge is 0.238 e. The molecule has 0 amide bonds. The van der Waals surface area contributed by atoms with E-state index in [4.69, 9.17) is 10.9 Å². The normalized spacial score (nSPS) is 11.3. The number of sulfonamides is 1. The molecule has 2 aromatic carbocycles. The Labute approximate surface area is 112 Å². The van der Waals surface area contributed by atoms with Gasteiger partial charge in [-0.15, -0.1) is 0 Å². The van der Waals surface area contributed by atoms with Crippen molar-refractivity contribution in [1.82, 2.24) is 0 Å². The molecular formula is C13H15N3O2S. The van der Waals surface area contributed by atoms with Crippen LogP contribution in [-0.4, -0.2) is 8.42 Å². The van der Waals surface area contributed by atoms with Gasteiger partial charge in [-0.2, -0.15) is 0 Å². The second-order valence-electron chi connectivity index (χ2n) is 4.27. The third-order valence-corrected chi connectivity index (χ3v) is 3.65. The van der Waals surface area contributed by atoms with Crippen molar-refractivity contribution < 1.29 is 8.42 Å². The van der Waals surface area contributed by atoms with E-state index in [2.05, 4.69) is 5.32 Å². The molecule has 0 aliphatic rings. The summed E-state index contributed by atoms with van der Waals surface area (Å²) in [4.78, 5) is 0.0855. The number of nitrogens with two attached hydrogens (primary N) is 2. The molecule has 19 heavy (non-hydrogen) atoms. The number of benzene rings is 2. The van der Waals surface area contributed by atoms with Gasteiger partial charge in [0.25, 0.3) is 0 Å². The molecule has 6 heteroatoms. The van der Waals surface area contributed by atoms with E-state index >= 15 is 0 Å². The highest BCUT2D eigenvalue weighted by Gasteiger charge is 2.07. The number of primary sulfonamides is 1. The first-order valence-electron chi connectivity index (χ1n) is 5.62. The average Bonchev–Trinajstić information content (AvgIpc) is 2.33. The van der Waals surface area contributed by atoms with E-state index in [1.165, 1.54) is 12.1 Å². The Morgan fingerprint density at radius 2 is 1.68 bits per heavy atom. The fraction of sp³-hybridized carbons (Fsp3) is 0.0769. The van der Waals surface area contributed by atoms with Gasteiger partial charge in [0.05, 0.1) is 4.90 Å². The summed E-state index contributed by atoms with van der Waals surface area (Å²) >= 11 is 0. The molecule has 0 atom stereocenters. The molecule has 100 valence electrons. The molecule has 5 N–H and O–H groups in total. The van der Waals surface area contributed by atoms with Crippen LogP contribution >= 0.6 is 0 Å². The largest absolute Gasteiger partial charge is 0.399 e. The summed E-state index contributed by atoms with van der Waals surface area (Å²) in [5.74, 6) is 0.